The molecule has 1 saturated heterocycles. The predicted molar refractivity (Wildman–Crippen MR) is 118 cm³/mol. The van der Waals surface area contributed by atoms with Crippen LogP contribution in [0.3, 0.4) is 0 Å². The van der Waals surface area contributed by atoms with Crippen LogP contribution in [0.2, 0.25) is 0 Å². The van der Waals surface area contributed by atoms with Gasteiger partial charge in [-0.25, -0.2) is 0 Å². The summed E-state index contributed by atoms with van der Waals surface area (Å²) in [5, 5.41) is 0. The van der Waals surface area contributed by atoms with Gasteiger partial charge in [0.2, 0.25) is 5.91 Å². The van der Waals surface area contributed by atoms with Gasteiger partial charge in [-0.2, -0.15) is 13.2 Å². The van der Waals surface area contributed by atoms with Gasteiger partial charge in [-0.15, -0.1) is 0 Å². The molecule has 0 N–H and O–H groups in total. The highest BCUT2D eigenvalue weighted by atomic mass is 19.4. The molecule has 0 bridgehead atoms. The molecule has 9 heteroatoms. The van der Waals surface area contributed by atoms with E-state index in [2.05, 4.69) is 0 Å². The summed E-state index contributed by atoms with van der Waals surface area (Å²) >= 11 is 0. The second-order valence-corrected chi connectivity index (χ2v) is 7.58. The van der Waals surface area contributed by atoms with E-state index in [9.17, 15) is 18.0 Å². The number of methoxy groups -OCH3 is 3. The van der Waals surface area contributed by atoms with E-state index in [0.29, 0.717) is 61.1 Å². The number of hydrogen-bond acceptors (Lipinski definition) is 5. The lowest BCUT2D eigenvalue weighted by atomic mass is 10.1. The third-order valence-electron chi connectivity index (χ3n) is 5.49. The molecule has 3 rings (SSSR count). The van der Waals surface area contributed by atoms with Gasteiger partial charge in [0, 0.05) is 50.4 Å². The number of piperazine rings is 1. The Balaban J connectivity index is 1.59. The van der Waals surface area contributed by atoms with Crippen molar-refractivity contribution in [2.45, 2.75) is 12.7 Å². The number of rotatable bonds is 7. The van der Waals surface area contributed by atoms with Crippen molar-refractivity contribution >= 4 is 12.0 Å². The molecule has 33 heavy (non-hydrogen) atoms. The quantitative estimate of drug-likeness (QED) is 0.578. The molecule has 0 atom stereocenters. The zero-order valence-corrected chi connectivity index (χ0v) is 18.8. The fraction of sp³-hybridized carbons (Fsp3) is 0.375. The van der Waals surface area contributed by atoms with Crippen LogP contribution in [0.5, 0.6) is 17.2 Å². The summed E-state index contributed by atoms with van der Waals surface area (Å²) in [6.45, 7) is 2.55. The highest BCUT2D eigenvalue weighted by molar-refractivity contribution is 5.92. The molecular formula is C24H27F3N2O4. The Morgan fingerprint density at radius 3 is 2.18 bits per heavy atom. The molecule has 0 saturated carbocycles. The summed E-state index contributed by atoms with van der Waals surface area (Å²) in [6.07, 6.45) is -1.21. The largest absolute Gasteiger partial charge is 0.496 e. The molecule has 2 aromatic carbocycles. The predicted octanol–water partition coefficient (Wildman–Crippen LogP) is 4.09. The molecule has 1 amide bonds. The van der Waals surface area contributed by atoms with Gasteiger partial charge in [-0.05, 0) is 23.8 Å². The normalized spacial score (nSPS) is 15.0. The van der Waals surface area contributed by atoms with Crippen LogP contribution in [0.15, 0.2) is 42.5 Å². The first kappa shape index (κ1) is 24.4. The van der Waals surface area contributed by atoms with Crippen molar-refractivity contribution in [2.75, 3.05) is 47.5 Å². The third kappa shape index (κ3) is 6.19. The molecule has 178 valence electrons. The molecule has 1 heterocycles. The van der Waals surface area contributed by atoms with Crippen molar-refractivity contribution in [1.29, 1.82) is 0 Å². The van der Waals surface area contributed by atoms with E-state index in [0.717, 1.165) is 6.07 Å². The van der Waals surface area contributed by atoms with Crippen LogP contribution in [0.1, 0.15) is 16.7 Å². The molecule has 0 spiro atoms. The lowest BCUT2D eigenvalue weighted by molar-refractivity contribution is -0.137. The van der Waals surface area contributed by atoms with E-state index in [1.807, 2.05) is 4.90 Å². The van der Waals surface area contributed by atoms with E-state index in [1.54, 1.807) is 29.2 Å². The summed E-state index contributed by atoms with van der Waals surface area (Å²) in [5.41, 5.74) is 0.626. The standard InChI is InChI=1S/C24H27F3N2O4/c1-31-20-15-22(33-3)21(32-2)14-18(20)7-8-23(30)29-11-9-28(10-12-29)16-17-5-4-6-19(13-17)24(25,26)27/h4-8,13-15H,9-12,16H2,1-3H3/b8-7+. The number of amides is 1. The van der Waals surface area contributed by atoms with E-state index in [-0.39, 0.29) is 5.91 Å². The lowest BCUT2D eigenvalue weighted by Gasteiger charge is -2.34. The highest BCUT2D eigenvalue weighted by Crippen LogP contribution is 2.35. The zero-order valence-electron chi connectivity index (χ0n) is 18.8. The minimum absolute atomic E-state index is 0.148. The van der Waals surface area contributed by atoms with Crippen molar-refractivity contribution in [1.82, 2.24) is 9.80 Å². The average molecular weight is 464 g/mol. The molecule has 0 unspecified atom stereocenters. The Kier molecular flexibility index (Phi) is 7.86. The van der Waals surface area contributed by atoms with Crippen molar-refractivity contribution in [3.63, 3.8) is 0 Å². The van der Waals surface area contributed by atoms with Crippen LogP contribution >= 0.6 is 0 Å². The van der Waals surface area contributed by atoms with Crippen LogP contribution in [0.25, 0.3) is 6.08 Å². The fourth-order valence-electron chi connectivity index (χ4n) is 3.68. The first-order valence-electron chi connectivity index (χ1n) is 10.4. The van der Waals surface area contributed by atoms with Gasteiger partial charge >= 0.3 is 6.18 Å². The number of halogens is 3. The van der Waals surface area contributed by atoms with Crippen LogP contribution in [-0.2, 0) is 17.5 Å². The summed E-state index contributed by atoms with van der Waals surface area (Å²) < 4.78 is 54.7. The fourth-order valence-corrected chi connectivity index (χ4v) is 3.68. The highest BCUT2D eigenvalue weighted by Gasteiger charge is 2.30. The molecule has 1 aliphatic heterocycles. The van der Waals surface area contributed by atoms with Gasteiger partial charge in [0.1, 0.15) is 5.75 Å². The molecule has 0 aromatic heterocycles. The number of hydrogen-bond donors (Lipinski definition) is 0. The average Bonchev–Trinajstić information content (AvgIpc) is 2.82. The molecule has 0 aliphatic carbocycles. The van der Waals surface area contributed by atoms with Crippen molar-refractivity contribution in [2.24, 2.45) is 0 Å². The number of carbonyl (C=O) groups is 1. The van der Waals surface area contributed by atoms with Crippen LogP contribution in [0.4, 0.5) is 13.2 Å². The van der Waals surface area contributed by atoms with Gasteiger partial charge in [0.15, 0.2) is 11.5 Å². The van der Waals surface area contributed by atoms with Crippen LogP contribution in [0, 0.1) is 0 Å². The first-order chi connectivity index (χ1) is 15.7. The lowest BCUT2D eigenvalue weighted by Crippen LogP contribution is -2.47. The smallest absolute Gasteiger partial charge is 0.416 e. The second-order valence-electron chi connectivity index (χ2n) is 7.58. The maximum atomic E-state index is 12.9. The molecule has 1 fully saturated rings. The van der Waals surface area contributed by atoms with Gasteiger partial charge in [-0.3, -0.25) is 9.69 Å². The van der Waals surface area contributed by atoms with Crippen molar-refractivity contribution < 1.29 is 32.2 Å². The van der Waals surface area contributed by atoms with Crippen LogP contribution in [-0.4, -0.2) is 63.2 Å². The van der Waals surface area contributed by atoms with E-state index in [1.165, 1.54) is 39.5 Å². The van der Waals surface area contributed by atoms with Gasteiger partial charge in [0.05, 0.1) is 26.9 Å². The summed E-state index contributed by atoms with van der Waals surface area (Å²) in [4.78, 5) is 16.4. The Labute approximate surface area is 191 Å². The molecular weight excluding hydrogens is 437 g/mol. The minimum Gasteiger partial charge on any atom is -0.496 e. The molecule has 2 aromatic rings. The SMILES string of the molecule is COc1cc(OC)c(OC)cc1/C=C/C(=O)N1CCN(Cc2cccc(C(F)(F)F)c2)CC1. The number of nitrogens with zero attached hydrogens (tertiary/aromatic N) is 2. The maximum Gasteiger partial charge on any atom is 0.416 e. The second kappa shape index (κ2) is 10.6. The summed E-state index contributed by atoms with van der Waals surface area (Å²) in [6, 6.07) is 8.78. The molecule has 1 aliphatic rings. The van der Waals surface area contributed by atoms with Gasteiger partial charge < -0.3 is 19.1 Å². The zero-order chi connectivity index (χ0) is 24.0. The van der Waals surface area contributed by atoms with E-state index < -0.39 is 11.7 Å². The molecule has 0 radical (unpaired) electrons. The van der Waals surface area contributed by atoms with Crippen LogP contribution < -0.4 is 14.2 Å². The minimum atomic E-state index is -4.36. The maximum absolute atomic E-state index is 12.9. The Hall–Kier alpha value is -3.20. The molecule has 6 nitrogen and oxygen atoms in total. The van der Waals surface area contributed by atoms with Gasteiger partial charge in [-0.1, -0.05) is 18.2 Å². The Morgan fingerprint density at radius 1 is 0.939 bits per heavy atom. The number of alkyl halides is 3. The van der Waals surface area contributed by atoms with Crippen molar-refractivity contribution in [3.8, 4) is 17.2 Å². The number of ether oxygens (including phenoxy) is 3. The number of benzene rings is 2. The third-order valence-corrected chi connectivity index (χ3v) is 5.49. The Morgan fingerprint density at radius 2 is 1.58 bits per heavy atom. The van der Waals surface area contributed by atoms with Gasteiger partial charge in [0.25, 0.3) is 0 Å². The van der Waals surface area contributed by atoms with E-state index in [4.69, 9.17) is 14.2 Å². The summed E-state index contributed by atoms with van der Waals surface area (Å²) in [5.74, 6) is 1.44. The number of carbonyl (C=O) groups excluding carboxylic acids is 1. The summed E-state index contributed by atoms with van der Waals surface area (Å²) in [7, 11) is 4.59. The first-order valence-corrected chi connectivity index (χ1v) is 10.4. The monoisotopic (exact) mass is 464 g/mol. The Bertz CT molecular complexity index is 1000. The van der Waals surface area contributed by atoms with E-state index >= 15 is 0 Å². The topological polar surface area (TPSA) is 51.2 Å². The van der Waals surface area contributed by atoms with Crippen molar-refractivity contribution in [3.05, 3.63) is 59.2 Å².